The SMILES string of the molecule is [B]C1CNCC(COP(=O)(N(C)C)N2CC([B])OC(COP(=O)(N(C)C)N3CC([B])OC(COP(=O)(N(C)C)N4CCN(C(=O)CCSC5CC(=O)N(N[C@@H](CCCCN)C(=O)N[C@@H](C)C=O)C5=O)CC4)C3)C2)O1. The summed E-state index contributed by atoms with van der Waals surface area (Å²) in [7, 11) is 17.2. The molecule has 74 heavy (non-hydrogen) atoms. The number of carbonyl (C=O) groups excluding carboxylic acids is 5. The molecule has 12 atom stereocenters. The highest BCUT2D eigenvalue weighted by Gasteiger charge is 2.46. The number of hydrogen-bond acceptors (Lipinski definition) is 18. The molecule has 5 aliphatic rings. The van der Waals surface area contributed by atoms with Crippen LogP contribution in [0.2, 0.25) is 0 Å². The van der Waals surface area contributed by atoms with E-state index < -0.39 is 94.4 Å². The molecule has 0 aromatic heterocycles. The number of unbranched alkanes of at least 4 members (excludes halogenated alkanes) is 1. The van der Waals surface area contributed by atoms with Crippen molar-refractivity contribution >= 4 is 88.2 Å². The standard InChI is InChI=1S/C41H76B3N12O14P3S/c1-29(25-57)47-40(60)33(10-8-9-12-45)48-56-39(59)18-34(41(56)61)74-17-11-38(58)52-13-15-53(16-14-52)71(62,49(2)3)66-27-31-21-55(24-37(44)69-31)73(64,51(6)7)67-28-32-22-54(23-36(43)70-32)72(63,50(4)5)65-26-30-19-46-20-35(42)68-30/h25,29-37,46,48H,8-24,26-28,45H2,1-7H3,(H,47,60)/t29-,30?,31?,32?,33-,34?,35?,36?,37?,71?,72?,73?/m0/s1. The molecule has 5 saturated heterocycles. The largest absolute Gasteiger partial charge is 0.380 e. The maximum absolute atomic E-state index is 14.8. The van der Waals surface area contributed by atoms with Crippen molar-refractivity contribution in [2.24, 2.45) is 5.73 Å². The molecule has 26 nitrogen and oxygen atoms in total. The molecular weight excluding hydrogens is 1040 g/mol. The molecule has 0 aliphatic carbocycles. The molecule has 414 valence electrons. The Balaban J connectivity index is 1.10. The Morgan fingerprint density at radius 2 is 1.30 bits per heavy atom. The Hall–Kier alpha value is -1.62. The van der Waals surface area contributed by atoms with Gasteiger partial charge in [-0.3, -0.25) is 32.9 Å². The van der Waals surface area contributed by atoms with E-state index in [2.05, 4.69) is 16.1 Å². The predicted octanol–water partition coefficient (Wildman–Crippen LogP) is -1.98. The van der Waals surface area contributed by atoms with Crippen LogP contribution in [0.3, 0.4) is 0 Å². The van der Waals surface area contributed by atoms with Gasteiger partial charge >= 0.3 is 23.0 Å². The van der Waals surface area contributed by atoms with Gasteiger partial charge in [0.1, 0.15) is 35.9 Å². The van der Waals surface area contributed by atoms with E-state index in [9.17, 15) is 37.7 Å². The number of aldehydes is 1. The summed E-state index contributed by atoms with van der Waals surface area (Å²) >= 11 is 1.18. The minimum absolute atomic E-state index is 0.0112. The van der Waals surface area contributed by atoms with Crippen LogP contribution in [0.5, 0.6) is 0 Å². The maximum atomic E-state index is 14.8. The van der Waals surface area contributed by atoms with E-state index in [0.29, 0.717) is 38.8 Å². The first-order chi connectivity index (χ1) is 34.9. The molecule has 5 fully saturated rings. The van der Waals surface area contributed by atoms with E-state index in [1.54, 1.807) is 61.2 Å². The van der Waals surface area contributed by atoms with Crippen molar-refractivity contribution in [2.45, 2.75) is 92.7 Å². The van der Waals surface area contributed by atoms with Gasteiger partial charge in [-0.2, -0.15) is 0 Å². The van der Waals surface area contributed by atoms with Crippen molar-refractivity contribution in [1.29, 1.82) is 0 Å². The van der Waals surface area contributed by atoms with Crippen LogP contribution in [-0.2, 0) is 65.4 Å². The van der Waals surface area contributed by atoms with E-state index in [0.717, 1.165) is 5.01 Å². The number of nitrogens with one attached hydrogen (secondary N) is 3. The number of carbonyl (C=O) groups is 5. The molecule has 4 amide bonds. The number of thioether (sulfide) groups is 1. The number of ether oxygens (including phenoxy) is 3. The third-order valence-corrected chi connectivity index (χ3v) is 21.7. The number of nitrogens with two attached hydrogens (primary N) is 1. The fraction of sp³-hybridized carbons (Fsp3) is 0.878. The van der Waals surface area contributed by atoms with Gasteiger partial charge in [-0.15, -0.1) is 11.8 Å². The highest BCUT2D eigenvalue weighted by atomic mass is 32.2. The fourth-order valence-corrected chi connectivity index (χ4v) is 15.9. The van der Waals surface area contributed by atoms with E-state index in [4.69, 9.17) is 57.1 Å². The van der Waals surface area contributed by atoms with Crippen molar-refractivity contribution < 1.29 is 65.4 Å². The van der Waals surface area contributed by atoms with Gasteiger partial charge < -0.3 is 53.8 Å². The van der Waals surface area contributed by atoms with E-state index in [1.807, 2.05) is 0 Å². The average molecular weight is 1120 g/mol. The van der Waals surface area contributed by atoms with Gasteiger partial charge in [-0.05, 0) is 68.6 Å². The molecule has 10 unspecified atom stereocenters. The summed E-state index contributed by atoms with van der Waals surface area (Å²) in [6, 6.07) is -4.00. The van der Waals surface area contributed by atoms with Crippen LogP contribution in [0.25, 0.3) is 0 Å². The second-order valence-corrected chi connectivity index (χ2v) is 28.4. The van der Waals surface area contributed by atoms with Crippen LogP contribution in [0.15, 0.2) is 0 Å². The number of imide groups is 1. The summed E-state index contributed by atoms with van der Waals surface area (Å²) in [5.41, 5.74) is 8.37. The highest BCUT2D eigenvalue weighted by Crippen LogP contribution is 2.57. The quantitative estimate of drug-likeness (QED) is 0.0217. The summed E-state index contributed by atoms with van der Waals surface area (Å²) < 4.78 is 89.3. The average Bonchev–Trinajstić information content (AvgIpc) is 3.62. The van der Waals surface area contributed by atoms with Crippen LogP contribution >= 0.6 is 34.8 Å². The maximum Gasteiger partial charge on any atom is 0.345 e. The topological polar surface area (TPSA) is 280 Å². The van der Waals surface area contributed by atoms with Gasteiger partial charge in [0.15, 0.2) is 0 Å². The molecule has 0 aromatic rings. The molecule has 6 radical (unpaired) electrons. The molecule has 5 heterocycles. The number of nitrogens with zero attached hydrogens (tertiary/aromatic N) is 8. The predicted molar refractivity (Wildman–Crippen MR) is 280 cm³/mol. The lowest BCUT2D eigenvalue weighted by Crippen LogP contribution is -2.55. The number of amides is 4. The lowest BCUT2D eigenvalue weighted by molar-refractivity contribution is -0.144. The van der Waals surface area contributed by atoms with Gasteiger partial charge in [-0.1, -0.05) is 6.42 Å². The lowest BCUT2D eigenvalue weighted by Gasteiger charge is -2.45. The summed E-state index contributed by atoms with van der Waals surface area (Å²) in [5, 5.41) is 5.82. The number of rotatable bonds is 28. The van der Waals surface area contributed by atoms with Crippen LogP contribution in [0.1, 0.15) is 39.0 Å². The fourth-order valence-electron chi connectivity index (χ4n) is 8.79. The number of piperazine rings is 1. The molecule has 0 saturated carbocycles. The Bertz CT molecular complexity index is 2050. The molecule has 5 aliphatic heterocycles. The van der Waals surface area contributed by atoms with Crippen molar-refractivity contribution in [2.75, 3.05) is 140 Å². The summed E-state index contributed by atoms with van der Waals surface area (Å²) in [6.07, 6.45) is 0.0481. The van der Waals surface area contributed by atoms with E-state index >= 15 is 0 Å². The first kappa shape index (κ1) is 63.2. The Morgan fingerprint density at radius 3 is 1.80 bits per heavy atom. The smallest absolute Gasteiger partial charge is 0.345 e. The zero-order chi connectivity index (χ0) is 54.5. The van der Waals surface area contributed by atoms with E-state index in [-0.39, 0.29) is 103 Å². The van der Waals surface area contributed by atoms with Crippen molar-refractivity contribution in [3.8, 4) is 0 Å². The highest BCUT2D eigenvalue weighted by molar-refractivity contribution is 8.00. The first-order valence-electron chi connectivity index (χ1n) is 24.9. The summed E-state index contributed by atoms with van der Waals surface area (Å²) in [5.74, 6) is -1.48. The minimum Gasteiger partial charge on any atom is -0.380 e. The van der Waals surface area contributed by atoms with Crippen molar-refractivity contribution in [1.82, 2.24) is 54.0 Å². The molecule has 33 heteroatoms. The summed E-state index contributed by atoms with van der Waals surface area (Å²) in [6.45, 7) is 3.68. The van der Waals surface area contributed by atoms with Gasteiger partial charge in [0, 0.05) is 102 Å². The third-order valence-electron chi connectivity index (χ3n) is 12.8. The van der Waals surface area contributed by atoms with Crippen molar-refractivity contribution in [3.05, 3.63) is 0 Å². The Kier molecular flexibility index (Phi) is 24.8. The molecular formula is C41H76B3N12O14P3S. The second kappa shape index (κ2) is 29.0. The third kappa shape index (κ3) is 17.0. The van der Waals surface area contributed by atoms with Crippen LogP contribution in [-0.4, -0.2) is 285 Å². The van der Waals surface area contributed by atoms with E-state index in [1.165, 1.54) is 32.7 Å². The second-order valence-electron chi connectivity index (χ2n) is 19.3. The Morgan fingerprint density at radius 1 is 0.784 bits per heavy atom. The summed E-state index contributed by atoms with van der Waals surface area (Å²) in [4.78, 5) is 65.3. The molecule has 0 bridgehead atoms. The van der Waals surface area contributed by atoms with Gasteiger partial charge in [0.2, 0.25) is 17.7 Å². The molecule has 0 spiro atoms. The number of morpholine rings is 3. The normalized spacial score (nSPS) is 29.3. The van der Waals surface area contributed by atoms with Gasteiger partial charge in [0.05, 0.1) is 49.4 Å². The molecule has 5 rings (SSSR count). The van der Waals surface area contributed by atoms with Gasteiger partial charge in [-0.25, -0.2) is 38.5 Å². The first-order valence-corrected chi connectivity index (χ1v) is 30.5. The lowest BCUT2D eigenvalue weighted by atomic mass is 9.98. The number of hydrazine groups is 1. The monoisotopic (exact) mass is 1120 g/mol. The zero-order valence-electron chi connectivity index (χ0n) is 43.8. The van der Waals surface area contributed by atoms with Crippen LogP contribution < -0.4 is 21.8 Å². The van der Waals surface area contributed by atoms with Crippen LogP contribution in [0, 0.1) is 0 Å². The zero-order valence-corrected chi connectivity index (χ0v) is 47.3. The number of hydrogen-bond donors (Lipinski definition) is 4. The molecule has 5 N–H and O–H groups in total. The minimum atomic E-state index is -3.84. The molecule has 0 aromatic carbocycles. The van der Waals surface area contributed by atoms with Crippen LogP contribution in [0.4, 0.5) is 0 Å². The Labute approximate surface area is 444 Å². The van der Waals surface area contributed by atoms with Gasteiger partial charge in [0.25, 0.3) is 5.91 Å². The van der Waals surface area contributed by atoms with Crippen molar-refractivity contribution in [3.63, 3.8) is 0 Å².